The van der Waals surface area contributed by atoms with Crippen LogP contribution in [0.15, 0.2) is 124 Å². The number of hydrogen-bond donors (Lipinski definition) is 2. The zero-order valence-corrected chi connectivity index (χ0v) is 26.3. The second-order valence-corrected chi connectivity index (χ2v) is 12.2. The van der Waals surface area contributed by atoms with Gasteiger partial charge in [0.15, 0.2) is 16.3 Å². The van der Waals surface area contributed by atoms with Crippen molar-refractivity contribution in [1.82, 2.24) is 9.13 Å². The summed E-state index contributed by atoms with van der Waals surface area (Å²) in [4.78, 5) is 33.4. The molecule has 47 heavy (non-hydrogen) atoms. The first-order valence-electron chi connectivity index (χ1n) is 14.9. The Morgan fingerprint density at radius 2 is 1.79 bits per heavy atom. The Morgan fingerprint density at radius 3 is 2.55 bits per heavy atom. The second-order valence-electron chi connectivity index (χ2n) is 11.2. The number of halogens is 1. The highest BCUT2D eigenvalue weighted by Crippen LogP contribution is 2.35. The number of phenols is 1. The van der Waals surface area contributed by atoms with E-state index >= 15 is 0 Å². The van der Waals surface area contributed by atoms with Gasteiger partial charge in [0.1, 0.15) is 5.82 Å². The van der Waals surface area contributed by atoms with Gasteiger partial charge in [0.05, 0.1) is 29.0 Å². The van der Waals surface area contributed by atoms with Crippen LogP contribution in [0, 0.1) is 5.82 Å². The summed E-state index contributed by atoms with van der Waals surface area (Å²) in [5.41, 5.74) is 4.41. The lowest BCUT2D eigenvalue weighted by atomic mass is 9.94. The van der Waals surface area contributed by atoms with E-state index in [9.17, 15) is 19.1 Å². The molecule has 6 aromatic rings. The molecular formula is C37H29FN4O4S. The van der Waals surface area contributed by atoms with E-state index in [0.29, 0.717) is 38.4 Å². The number of aromatic hydroxyl groups is 1. The molecular weight excluding hydrogens is 615 g/mol. The minimum atomic E-state index is -0.841. The topological polar surface area (TPSA) is 97.9 Å². The molecule has 0 aliphatic carbocycles. The number of aromatic nitrogens is 2. The molecule has 0 spiro atoms. The van der Waals surface area contributed by atoms with Crippen LogP contribution in [0.4, 0.5) is 10.1 Å². The molecule has 2 aromatic heterocycles. The smallest absolute Gasteiger partial charge is 0.271 e. The third kappa shape index (κ3) is 5.64. The van der Waals surface area contributed by atoms with Gasteiger partial charge in [-0.1, -0.05) is 65.9 Å². The molecule has 0 saturated heterocycles. The van der Waals surface area contributed by atoms with E-state index in [2.05, 4.69) is 9.88 Å². The third-order valence-electron chi connectivity index (χ3n) is 8.19. The molecule has 0 bridgehead atoms. The molecule has 8 nitrogen and oxygen atoms in total. The number of phenolic OH excluding ortho intramolecular Hbond substituents is 1. The van der Waals surface area contributed by atoms with E-state index in [4.69, 9.17) is 9.73 Å². The average molecular weight is 645 g/mol. The fourth-order valence-electron chi connectivity index (χ4n) is 5.96. The molecule has 0 saturated carbocycles. The number of thiazole rings is 1. The highest BCUT2D eigenvalue weighted by Gasteiger charge is 2.33. The Hall–Kier alpha value is -5.74. The number of allylic oxidation sites excluding steroid dienone is 1. The van der Waals surface area contributed by atoms with Gasteiger partial charge in [-0.05, 0) is 66.6 Å². The number of methoxy groups -OCH3 is 1. The zero-order valence-electron chi connectivity index (χ0n) is 25.5. The first-order chi connectivity index (χ1) is 22.8. The Morgan fingerprint density at radius 1 is 1.04 bits per heavy atom. The van der Waals surface area contributed by atoms with Gasteiger partial charge in [-0.25, -0.2) is 9.38 Å². The molecule has 2 N–H and O–H groups in total. The fourth-order valence-corrected chi connectivity index (χ4v) is 7.00. The lowest BCUT2D eigenvalue weighted by Crippen LogP contribution is -2.40. The molecule has 1 aliphatic rings. The fraction of sp³-hybridized carbons (Fsp3) is 0.108. The first-order valence-corrected chi connectivity index (χ1v) is 15.7. The van der Waals surface area contributed by atoms with Gasteiger partial charge >= 0.3 is 0 Å². The van der Waals surface area contributed by atoms with Crippen LogP contribution in [0.2, 0.25) is 0 Å². The van der Waals surface area contributed by atoms with Crippen molar-refractivity contribution in [3.63, 3.8) is 0 Å². The van der Waals surface area contributed by atoms with Gasteiger partial charge in [0.2, 0.25) is 0 Å². The van der Waals surface area contributed by atoms with E-state index in [0.717, 1.165) is 22.0 Å². The number of nitrogens with one attached hydrogen (secondary N) is 1. The number of hydrogen-bond acceptors (Lipinski definition) is 6. The number of carbonyl (C=O) groups excluding carboxylic acids is 1. The summed E-state index contributed by atoms with van der Waals surface area (Å²) >= 11 is 1.24. The molecule has 0 fully saturated rings. The van der Waals surface area contributed by atoms with Crippen molar-refractivity contribution in [1.29, 1.82) is 0 Å². The zero-order chi connectivity index (χ0) is 32.7. The van der Waals surface area contributed by atoms with Crippen LogP contribution >= 0.6 is 11.3 Å². The van der Waals surface area contributed by atoms with E-state index in [1.54, 1.807) is 43.3 Å². The monoisotopic (exact) mass is 644 g/mol. The summed E-state index contributed by atoms with van der Waals surface area (Å²) in [5, 5.41) is 14.2. The van der Waals surface area contributed by atoms with Crippen LogP contribution in [0.3, 0.4) is 0 Å². The quantitative estimate of drug-likeness (QED) is 0.232. The number of fused-ring (bicyclic) bond motifs is 2. The van der Waals surface area contributed by atoms with Crippen LogP contribution in [0.25, 0.3) is 17.0 Å². The maximum atomic E-state index is 14.3. The lowest BCUT2D eigenvalue weighted by Gasteiger charge is -2.25. The van der Waals surface area contributed by atoms with Crippen LogP contribution in [-0.2, 0) is 11.3 Å². The first kappa shape index (κ1) is 29.9. The van der Waals surface area contributed by atoms with E-state index in [1.165, 1.54) is 41.2 Å². The molecule has 1 atom stereocenters. The minimum absolute atomic E-state index is 0.0586. The van der Waals surface area contributed by atoms with Crippen molar-refractivity contribution in [3.05, 3.63) is 157 Å². The van der Waals surface area contributed by atoms with Crippen molar-refractivity contribution in [3.8, 4) is 11.5 Å². The van der Waals surface area contributed by atoms with E-state index < -0.39 is 11.9 Å². The summed E-state index contributed by atoms with van der Waals surface area (Å²) in [5.74, 6) is -0.525. The minimum Gasteiger partial charge on any atom is -0.504 e. The normalized spacial score (nSPS) is 14.6. The summed E-state index contributed by atoms with van der Waals surface area (Å²) < 4.78 is 23.0. The summed E-state index contributed by atoms with van der Waals surface area (Å²) in [6, 6.07) is 27.4. The highest BCUT2D eigenvalue weighted by atomic mass is 32.1. The summed E-state index contributed by atoms with van der Waals surface area (Å²) in [6.07, 6.45) is 3.84. The van der Waals surface area contributed by atoms with Gasteiger partial charge in [-0.2, -0.15) is 0 Å². The number of benzene rings is 4. The lowest BCUT2D eigenvalue weighted by molar-refractivity contribution is -0.113. The Kier molecular flexibility index (Phi) is 7.79. The van der Waals surface area contributed by atoms with Crippen molar-refractivity contribution < 1.29 is 19.0 Å². The number of nitrogens with zero attached hydrogens (tertiary/aromatic N) is 3. The highest BCUT2D eigenvalue weighted by molar-refractivity contribution is 7.07. The maximum absolute atomic E-state index is 14.3. The van der Waals surface area contributed by atoms with Crippen LogP contribution in [-0.4, -0.2) is 27.3 Å². The molecule has 3 heterocycles. The Bertz CT molecular complexity index is 2370. The summed E-state index contributed by atoms with van der Waals surface area (Å²) in [6.45, 7) is 2.28. The van der Waals surface area contributed by atoms with Crippen molar-refractivity contribution in [2.75, 3.05) is 12.4 Å². The molecule has 0 radical (unpaired) electrons. The number of carbonyl (C=O) groups is 1. The van der Waals surface area contributed by atoms with Crippen LogP contribution in [0.5, 0.6) is 11.5 Å². The van der Waals surface area contributed by atoms with Crippen LogP contribution in [0.1, 0.15) is 29.7 Å². The molecule has 4 aromatic carbocycles. The Labute approximate surface area is 272 Å². The molecule has 1 aliphatic heterocycles. The largest absolute Gasteiger partial charge is 0.504 e. The van der Waals surface area contributed by atoms with Crippen LogP contribution < -0.4 is 24.9 Å². The van der Waals surface area contributed by atoms with Gasteiger partial charge in [-0.15, -0.1) is 0 Å². The standard InChI is InChI=1S/C37H29FN4O4S/c1-22-33(35(44)40-27-8-4-3-5-9-27)34(24-14-17-30(43)31(18-24)46-2)42-36(45)32(47-37(42)39-22)19-25-21-41(29-11-7-6-10-28(25)29)20-23-12-15-26(38)16-13-23/h3-19,21,34,43H,20H2,1-2H3,(H,40,44)/b32-19-/t34-/m1/s1. The molecule has 7 rings (SSSR count). The number of amides is 1. The van der Waals surface area contributed by atoms with E-state index in [1.807, 2.05) is 54.7 Å². The predicted molar refractivity (Wildman–Crippen MR) is 181 cm³/mol. The van der Waals surface area contributed by atoms with E-state index in [-0.39, 0.29) is 22.9 Å². The number of para-hydroxylation sites is 2. The average Bonchev–Trinajstić information content (AvgIpc) is 3.58. The maximum Gasteiger partial charge on any atom is 0.271 e. The van der Waals surface area contributed by atoms with Crippen molar-refractivity contribution >= 4 is 39.9 Å². The van der Waals surface area contributed by atoms with Gasteiger partial charge in [0, 0.05) is 34.9 Å². The Balaban J connectivity index is 1.37. The molecule has 10 heteroatoms. The van der Waals surface area contributed by atoms with Crippen molar-refractivity contribution in [2.24, 2.45) is 4.99 Å². The van der Waals surface area contributed by atoms with Gasteiger partial charge in [0.25, 0.3) is 11.5 Å². The third-order valence-corrected chi connectivity index (χ3v) is 9.17. The molecule has 1 amide bonds. The number of rotatable bonds is 7. The van der Waals surface area contributed by atoms with Gasteiger partial charge < -0.3 is 19.7 Å². The number of anilines is 1. The predicted octanol–water partition coefficient (Wildman–Crippen LogP) is 5.73. The summed E-state index contributed by atoms with van der Waals surface area (Å²) in [7, 11) is 1.45. The van der Waals surface area contributed by atoms with Gasteiger partial charge in [-0.3, -0.25) is 14.2 Å². The molecule has 0 unspecified atom stereocenters. The van der Waals surface area contributed by atoms with Crippen molar-refractivity contribution in [2.45, 2.75) is 19.5 Å². The SMILES string of the molecule is COc1cc([C@@H]2C(C(=O)Nc3ccccc3)=C(C)N=c3s/c(=C\c4cn(Cc5ccc(F)cc5)c5ccccc45)c(=O)n32)ccc1O. The molecule has 234 valence electrons. The second kappa shape index (κ2) is 12.2. The number of ether oxygens (including phenoxy) is 1.